The topological polar surface area (TPSA) is 49.4 Å². The molecule has 1 saturated heterocycles. The lowest BCUT2D eigenvalue weighted by Gasteiger charge is -2.27. The van der Waals surface area contributed by atoms with Crippen LogP contribution in [0.3, 0.4) is 0 Å². The zero-order chi connectivity index (χ0) is 15.2. The molecule has 4 heteroatoms. The van der Waals surface area contributed by atoms with Crippen LogP contribution in [0.15, 0.2) is 24.3 Å². The van der Waals surface area contributed by atoms with E-state index in [0.717, 1.165) is 43.6 Å². The first-order valence-electron chi connectivity index (χ1n) is 7.87. The maximum atomic E-state index is 12.1. The molecule has 2 amide bonds. The van der Waals surface area contributed by atoms with Crippen molar-refractivity contribution < 1.29 is 9.59 Å². The Hall–Kier alpha value is -1.84. The largest absolute Gasteiger partial charge is 0.326 e. The van der Waals surface area contributed by atoms with Crippen molar-refractivity contribution >= 4 is 23.2 Å². The lowest BCUT2D eigenvalue weighted by molar-refractivity contribution is -0.120. The molecule has 0 spiro atoms. The Morgan fingerprint density at radius 3 is 2.71 bits per heavy atom. The SMILES string of the molecule is CCC(CC)C(=O)Nc1cccc(N2CCCCC2=O)c1. The zero-order valence-electron chi connectivity index (χ0n) is 12.9. The maximum absolute atomic E-state index is 12.1. The summed E-state index contributed by atoms with van der Waals surface area (Å²) >= 11 is 0. The van der Waals surface area contributed by atoms with Crippen molar-refractivity contribution in [3.05, 3.63) is 24.3 Å². The van der Waals surface area contributed by atoms with Gasteiger partial charge in [-0.25, -0.2) is 0 Å². The van der Waals surface area contributed by atoms with Gasteiger partial charge in [0.15, 0.2) is 0 Å². The van der Waals surface area contributed by atoms with Crippen LogP contribution in [0.1, 0.15) is 46.0 Å². The number of nitrogens with zero attached hydrogens (tertiary/aromatic N) is 1. The van der Waals surface area contributed by atoms with Crippen molar-refractivity contribution in [3.8, 4) is 0 Å². The van der Waals surface area contributed by atoms with Crippen LogP contribution in [-0.4, -0.2) is 18.4 Å². The van der Waals surface area contributed by atoms with Crippen molar-refractivity contribution in [3.63, 3.8) is 0 Å². The van der Waals surface area contributed by atoms with E-state index in [1.807, 2.05) is 43.0 Å². The highest BCUT2D eigenvalue weighted by molar-refractivity contribution is 5.96. The van der Waals surface area contributed by atoms with E-state index in [2.05, 4.69) is 5.32 Å². The minimum absolute atomic E-state index is 0.0466. The van der Waals surface area contributed by atoms with Crippen molar-refractivity contribution in [1.29, 1.82) is 0 Å². The molecule has 1 aromatic carbocycles. The molecule has 1 aliphatic rings. The third kappa shape index (κ3) is 3.84. The van der Waals surface area contributed by atoms with Gasteiger partial charge in [0.2, 0.25) is 11.8 Å². The molecule has 2 rings (SSSR count). The molecule has 0 unspecified atom stereocenters. The van der Waals surface area contributed by atoms with Gasteiger partial charge >= 0.3 is 0 Å². The highest BCUT2D eigenvalue weighted by Gasteiger charge is 2.20. The smallest absolute Gasteiger partial charge is 0.227 e. The van der Waals surface area contributed by atoms with E-state index >= 15 is 0 Å². The molecule has 114 valence electrons. The van der Waals surface area contributed by atoms with Gasteiger partial charge in [0.05, 0.1) is 0 Å². The van der Waals surface area contributed by atoms with Gasteiger partial charge in [-0.05, 0) is 43.9 Å². The predicted molar refractivity (Wildman–Crippen MR) is 85.3 cm³/mol. The summed E-state index contributed by atoms with van der Waals surface area (Å²) in [6, 6.07) is 7.58. The average molecular weight is 288 g/mol. The number of hydrogen-bond acceptors (Lipinski definition) is 2. The van der Waals surface area contributed by atoms with Crippen LogP contribution >= 0.6 is 0 Å². The number of hydrogen-bond donors (Lipinski definition) is 1. The quantitative estimate of drug-likeness (QED) is 0.900. The average Bonchev–Trinajstić information content (AvgIpc) is 2.49. The van der Waals surface area contributed by atoms with Crippen LogP contribution < -0.4 is 10.2 Å². The van der Waals surface area contributed by atoms with Crippen LogP contribution in [0.5, 0.6) is 0 Å². The first kappa shape index (κ1) is 15.5. The molecule has 1 aliphatic heterocycles. The minimum Gasteiger partial charge on any atom is -0.326 e. The van der Waals surface area contributed by atoms with Crippen molar-refractivity contribution in [2.75, 3.05) is 16.8 Å². The molecule has 1 N–H and O–H groups in total. The van der Waals surface area contributed by atoms with Gasteiger partial charge in [-0.15, -0.1) is 0 Å². The summed E-state index contributed by atoms with van der Waals surface area (Å²) in [6.07, 6.45) is 4.31. The van der Waals surface area contributed by atoms with Crippen molar-refractivity contribution in [2.45, 2.75) is 46.0 Å². The number of rotatable bonds is 5. The Kier molecular flexibility index (Phi) is 5.37. The molecule has 0 aliphatic carbocycles. The summed E-state index contributed by atoms with van der Waals surface area (Å²) in [6.45, 7) is 4.82. The molecule has 0 radical (unpaired) electrons. The molecular formula is C17H24N2O2. The number of amides is 2. The Morgan fingerprint density at radius 1 is 1.29 bits per heavy atom. The third-order valence-electron chi connectivity index (χ3n) is 4.11. The van der Waals surface area contributed by atoms with Gasteiger partial charge in [0.1, 0.15) is 0 Å². The molecule has 0 atom stereocenters. The second-order valence-electron chi connectivity index (χ2n) is 5.56. The van der Waals surface area contributed by atoms with E-state index in [9.17, 15) is 9.59 Å². The van der Waals surface area contributed by atoms with Crippen LogP contribution in [0.4, 0.5) is 11.4 Å². The normalized spacial score (nSPS) is 15.4. The second kappa shape index (κ2) is 7.25. The van der Waals surface area contributed by atoms with Crippen LogP contribution in [-0.2, 0) is 9.59 Å². The molecule has 0 bridgehead atoms. The molecule has 1 heterocycles. The second-order valence-corrected chi connectivity index (χ2v) is 5.56. The number of carbonyl (C=O) groups excluding carboxylic acids is 2. The first-order chi connectivity index (χ1) is 10.2. The maximum Gasteiger partial charge on any atom is 0.227 e. The van der Waals surface area contributed by atoms with Crippen molar-refractivity contribution in [2.24, 2.45) is 5.92 Å². The fraction of sp³-hybridized carbons (Fsp3) is 0.529. The standard InChI is InChI=1S/C17H24N2O2/c1-3-13(4-2)17(21)18-14-8-7-9-15(12-14)19-11-6-5-10-16(19)20/h7-9,12-13H,3-6,10-11H2,1-2H3,(H,18,21). The minimum atomic E-state index is 0.0466. The van der Waals surface area contributed by atoms with E-state index in [1.54, 1.807) is 0 Å². The molecular weight excluding hydrogens is 264 g/mol. The van der Waals surface area contributed by atoms with Crippen molar-refractivity contribution in [1.82, 2.24) is 0 Å². The summed E-state index contributed by atoms with van der Waals surface area (Å²) in [5.41, 5.74) is 1.64. The first-order valence-corrected chi connectivity index (χ1v) is 7.87. The zero-order valence-corrected chi connectivity index (χ0v) is 12.9. The number of benzene rings is 1. The van der Waals surface area contributed by atoms with E-state index < -0.39 is 0 Å². The Morgan fingerprint density at radius 2 is 2.05 bits per heavy atom. The molecule has 4 nitrogen and oxygen atoms in total. The molecule has 0 aromatic heterocycles. The summed E-state index contributed by atoms with van der Waals surface area (Å²) < 4.78 is 0. The van der Waals surface area contributed by atoms with Gasteiger partial charge in [-0.1, -0.05) is 19.9 Å². The summed E-state index contributed by atoms with van der Waals surface area (Å²) in [7, 11) is 0. The van der Waals surface area contributed by atoms with Gasteiger partial charge in [0.25, 0.3) is 0 Å². The lowest BCUT2D eigenvalue weighted by atomic mass is 10.0. The number of anilines is 2. The van der Waals surface area contributed by atoms with Gasteiger partial charge in [0, 0.05) is 30.3 Å². The third-order valence-corrected chi connectivity index (χ3v) is 4.11. The molecule has 1 aromatic rings. The number of piperidine rings is 1. The molecule has 0 saturated carbocycles. The fourth-order valence-corrected chi connectivity index (χ4v) is 2.73. The number of nitrogens with one attached hydrogen (secondary N) is 1. The monoisotopic (exact) mass is 288 g/mol. The fourth-order valence-electron chi connectivity index (χ4n) is 2.73. The Balaban J connectivity index is 2.10. The Bertz CT molecular complexity index is 509. The number of carbonyl (C=O) groups is 2. The van der Waals surface area contributed by atoms with E-state index in [1.165, 1.54) is 0 Å². The highest BCUT2D eigenvalue weighted by Crippen LogP contribution is 2.24. The van der Waals surface area contributed by atoms with Crippen LogP contribution in [0.25, 0.3) is 0 Å². The van der Waals surface area contributed by atoms with E-state index in [4.69, 9.17) is 0 Å². The van der Waals surface area contributed by atoms with E-state index in [-0.39, 0.29) is 17.7 Å². The summed E-state index contributed by atoms with van der Waals surface area (Å²) in [4.78, 5) is 25.9. The summed E-state index contributed by atoms with van der Waals surface area (Å²) in [5.74, 6) is 0.275. The highest BCUT2D eigenvalue weighted by atomic mass is 16.2. The Labute approximate surface area is 126 Å². The molecule has 21 heavy (non-hydrogen) atoms. The van der Waals surface area contributed by atoms with Gasteiger partial charge in [-0.2, -0.15) is 0 Å². The van der Waals surface area contributed by atoms with Crippen LogP contribution in [0.2, 0.25) is 0 Å². The van der Waals surface area contributed by atoms with Gasteiger partial charge in [-0.3, -0.25) is 9.59 Å². The summed E-state index contributed by atoms with van der Waals surface area (Å²) in [5, 5.41) is 2.96. The van der Waals surface area contributed by atoms with E-state index in [0.29, 0.717) is 6.42 Å². The molecule has 1 fully saturated rings. The van der Waals surface area contributed by atoms with Crippen LogP contribution in [0, 0.1) is 5.92 Å². The van der Waals surface area contributed by atoms with Gasteiger partial charge < -0.3 is 10.2 Å². The lowest BCUT2D eigenvalue weighted by Crippen LogP contribution is -2.35. The predicted octanol–water partition coefficient (Wildman–Crippen LogP) is 3.58.